The Morgan fingerprint density at radius 1 is 1.11 bits per heavy atom. The Bertz CT molecular complexity index is 743. The SMILES string of the molecule is CC(C)(Cc1ccccc1)NC(=O)[C@@H]1CCCN(Cc2ccc(F)cc2)C1. The standard InChI is InChI=1S/C23H29FN2O/c1-23(2,15-18-7-4-3-5-8-18)25-22(27)20-9-6-14-26(17-20)16-19-10-12-21(24)13-11-19/h3-5,7-8,10-13,20H,6,9,14-17H2,1-2H3,(H,25,27)/t20-/m1/s1. The smallest absolute Gasteiger partial charge is 0.224 e. The number of carbonyl (C=O) groups is 1. The highest BCUT2D eigenvalue weighted by Gasteiger charge is 2.29. The van der Waals surface area contributed by atoms with Crippen LogP contribution in [0, 0.1) is 11.7 Å². The molecule has 144 valence electrons. The Kier molecular flexibility index (Phi) is 6.27. The van der Waals surface area contributed by atoms with E-state index in [0.717, 1.165) is 44.5 Å². The van der Waals surface area contributed by atoms with Crippen LogP contribution in [0.3, 0.4) is 0 Å². The van der Waals surface area contributed by atoms with Crippen LogP contribution in [0.2, 0.25) is 0 Å². The molecule has 0 spiro atoms. The molecule has 0 aliphatic carbocycles. The highest BCUT2D eigenvalue weighted by Crippen LogP contribution is 2.21. The fraction of sp³-hybridized carbons (Fsp3) is 0.435. The molecule has 0 radical (unpaired) electrons. The van der Waals surface area contributed by atoms with Gasteiger partial charge in [-0.05, 0) is 62.9 Å². The lowest BCUT2D eigenvalue weighted by molar-refractivity contribution is -0.128. The summed E-state index contributed by atoms with van der Waals surface area (Å²) in [4.78, 5) is 15.2. The molecule has 1 aliphatic rings. The summed E-state index contributed by atoms with van der Waals surface area (Å²) in [7, 11) is 0. The number of carbonyl (C=O) groups excluding carboxylic acids is 1. The second-order valence-electron chi connectivity index (χ2n) is 8.24. The number of halogens is 1. The van der Waals surface area contributed by atoms with Crippen molar-refractivity contribution in [3.63, 3.8) is 0 Å². The van der Waals surface area contributed by atoms with Crippen LogP contribution in [-0.4, -0.2) is 29.4 Å². The van der Waals surface area contributed by atoms with Crippen LogP contribution in [0.1, 0.15) is 37.8 Å². The molecule has 4 heteroatoms. The number of likely N-dealkylation sites (tertiary alicyclic amines) is 1. The maximum atomic E-state index is 13.1. The molecule has 2 aromatic carbocycles. The number of piperidine rings is 1. The number of rotatable bonds is 6. The van der Waals surface area contributed by atoms with Crippen molar-refractivity contribution in [2.24, 2.45) is 5.92 Å². The molecule has 0 bridgehead atoms. The molecule has 1 saturated heterocycles. The van der Waals surface area contributed by atoms with Crippen molar-refractivity contribution in [2.45, 2.75) is 45.2 Å². The van der Waals surface area contributed by atoms with Crippen molar-refractivity contribution in [2.75, 3.05) is 13.1 Å². The van der Waals surface area contributed by atoms with Crippen molar-refractivity contribution in [1.29, 1.82) is 0 Å². The van der Waals surface area contributed by atoms with Gasteiger partial charge in [-0.2, -0.15) is 0 Å². The van der Waals surface area contributed by atoms with Crippen molar-refractivity contribution in [3.8, 4) is 0 Å². The molecule has 0 saturated carbocycles. The molecule has 3 rings (SSSR count). The third-order valence-electron chi connectivity index (χ3n) is 5.15. The third-order valence-corrected chi connectivity index (χ3v) is 5.15. The minimum absolute atomic E-state index is 0.00856. The van der Waals surface area contributed by atoms with Gasteiger partial charge in [0, 0.05) is 18.6 Å². The lowest BCUT2D eigenvalue weighted by atomic mass is 9.91. The van der Waals surface area contributed by atoms with E-state index in [1.807, 2.05) is 30.3 Å². The monoisotopic (exact) mass is 368 g/mol. The maximum absolute atomic E-state index is 13.1. The molecule has 2 aromatic rings. The van der Waals surface area contributed by atoms with E-state index in [2.05, 4.69) is 36.2 Å². The molecule has 1 fully saturated rings. The first-order valence-corrected chi connectivity index (χ1v) is 9.74. The minimum atomic E-state index is -0.280. The predicted octanol–water partition coefficient (Wildman–Crippen LogP) is 4.18. The van der Waals surface area contributed by atoms with Gasteiger partial charge in [0.05, 0.1) is 5.92 Å². The Morgan fingerprint density at radius 2 is 1.81 bits per heavy atom. The van der Waals surface area contributed by atoms with E-state index >= 15 is 0 Å². The number of benzene rings is 2. The summed E-state index contributed by atoms with van der Waals surface area (Å²) in [5, 5.41) is 3.25. The van der Waals surface area contributed by atoms with Crippen LogP contribution >= 0.6 is 0 Å². The van der Waals surface area contributed by atoms with Crippen LogP contribution in [0.25, 0.3) is 0 Å². The average Bonchev–Trinajstić information content (AvgIpc) is 2.64. The fourth-order valence-electron chi connectivity index (χ4n) is 3.85. The van der Waals surface area contributed by atoms with Crippen LogP contribution < -0.4 is 5.32 Å². The Labute approximate surface area is 161 Å². The molecule has 3 nitrogen and oxygen atoms in total. The summed E-state index contributed by atoms with van der Waals surface area (Å²) < 4.78 is 13.1. The summed E-state index contributed by atoms with van der Waals surface area (Å²) in [5.74, 6) is -0.0655. The van der Waals surface area contributed by atoms with Gasteiger partial charge in [0.15, 0.2) is 0 Å². The van der Waals surface area contributed by atoms with Crippen LogP contribution in [0.4, 0.5) is 4.39 Å². The molecule has 1 aliphatic heterocycles. The van der Waals surface area contributed by atoms with Gasteiger partial charge in [-0.1, -0.05) is 42.5 Å². The zero-order valence-electron chi connectivity index (χ0n) is 16.2. The summed E-state index contributed by atoms with van der Waals surface area (Å²) in [6.07, 6.45) is 2.75. The van der Waals surface area contributed by atoms with Gasteiger partial charge in [-0.15, -0.1) is 0 Å². The first-order chi connectivity index (χ1) is 12.9. The summed E-state index contributed by atoms with van der Waals surface area (Å²) in [6.45, 7) is 6.66. The fourth-order valence-corrected chi connectivity index (χ4v) is 3.85. The number of nitrogens with zero attached hydrogens (tertiary/aromatic N) is 1. The first kappa shape index (κ1) is 19.6. The van der Waals surface area contributed by atoms with E-state index in [4.69, 9.17) is 0 Å². The number of nitrogens with one attached hydrogen (secondary N) is 1. The van der Waals surface area contributed by atoms with Crippen molar-refractivity contribution in [1.82, 2.24) is 10.2 Å². The van der Waals surface area contributed by atoms with Gasteiger partial charge < -0.3 is 5.32 Å². The Balaban J connectivity index is 1.55. The van der Waals surface area contributed by atoms with Crippen LogP contribution in [0.5, 0.6) is 0 Å². The zero-order chi connectivity index (χ0) is 19.3. The summed E-state index contributed by atoms with van der Waals surface area (Å²) >= 11 is 0. The summed E-state index contributed by atoms with van der Waals surface area (Å²) in [5.41, 5.74) is 2.03. The Morgan fingerprint density at radius 3 is 2.52 bits per heavy atom. The molecule has 1 N–H and O–H groups in total. The average molecular weight is 368 g/mol. The summed E-state index contributed by atoms with van der Waals surface area (Å²) in [6, 6.07) is 16.9. The quantitative estimate of drug-likeness (QED) is 0.830. The maximum Gasteiger partial charge on any atom is 0.224 e. The van der Waals surface area contributed by atoms with Crippen LogP contribution in [0.15, 0.2) is 54.6 Å². The normalized spacial score (nSPS) is 18.3. The molecular weight excluding hydrogens is 339 g/mol. The van der Waals surface area contributed by atoms with E-state index in [1.165, 1.54) is 17.7 Å². The van der Waals surface area contributed by atoms with Crippen LogP contribution in [-0.2, 0) is 17.8 Å². The number of amides is 1. The second-order valence-corrected chi connectivity index (χ2v) is 8.24. The van der Waals surface area contributed by atoms with Gasteiger partial charge in [0.1, 0.15) is 5.82 Å². The highest BCUT2D eigenvalue weighted by molar-refractivity contribution is 5.79. The van der Waals surface area contributed by atoms with E-state index in [-0.39, 0.29) is 23.2 Å². The molecule has 27 heavy (non-hydrogen) atoms. The lowest BCUT2D eigenvalue weighted by Crippen LogP contribution is -2.50. The van der Waals surface area contributed by atoms with E-state index in [1.54, 1.807) is 0 Å². The number of hydrogen-bond donors (Lipinski definition) is 1. The topological polar surface area (TPSA) is 32.3 Å². The number of hydrogen-bond acceptors (Lipinski definition) is 2. The lowest BCUT2D eigenvalue weighted by Gasteiger charge is -2.35. The molecule has 1 heterocycles. The predicted molar refractivity (Wildman–Crippen MR) is 107 cm³/mol. The zero-order valence-corrected chi connectivity index (χ0v) is 16.2. The first-order valence-electron chi connectivity index (χ1n) is 9.74. The third kappa shape index (κ3) is 5.90. The Hall–Kier alpha value is -2.20. The molecule has 0 unspecified atom stereocenters. The van der Waals surface area contributed by atoms with Gasteiger partial charge in [-0.25, -0.2) is 4.39 Å². The van der Waals surface area contributed by atoms with Gasteiger partial charge in [0.25, 0.3) is 0 Å². The molecule has 1 amide bonds. The van der Waals surface area contributed by atoms with E-state index in [9.17, 15) is 9.18 Å². The molecular formula is C23H29FN2O. The van der Waals surface area contributed by atoms with Crippen molar-refractivity contribution >= 4 is 5.91 Å². The van der Waals surface area contributed by atoms with Gasteiger partial charge in [0.2, 0.25) is 5.91 Å². The largest absolute Gasteiger partial charge is 0.351 e. The van der Waals surface area contributed by atoms with Gasteiger partial charge >= 0.3 is 0 Å². The minimum Gasteiger partial charge on any atom is -0.351 e. The van der Waals surface area contributed by atoms with Gasteiger partial charge in [-0.3, -0.25) is 9.69 Å². The second kappa shape index (κ2) is 8.66. The molecule has 0 aromatic heterocycles. The highest BCUT2D eigenvalue weighted by atomic mass is 19.1. The molecule has 1 atom stereocenters. The van der Waals surface area contributed by atoms with Crippen molar-refractivity contribution in [3.05, 3.63) is 71.5 Å². The van der Waals surface area contributed by atoms with E-state index < -0.39 is 0 Å². The van der Waals surface area contributed by atoms with E-state index in [0.29, 0.717) is 0 Å². The van der Waals surface area contributed by atoms with Crippen molar-refractivity contribution < 1.29 is 9.18 Å².